The molecule has 1 unspecified atom stereocenters. The molecule has 0 aliphatic carbocycles. The topological polar surface area (TPSA) is 111 Å². The third-order valence-electron chi connectivity index (χ3n) is 7.94. The third kappa shape index (κ3) is 7.15. The van der Waals surface area contributed by atoms with Crippen LogP contribution in [-0.2, 0) is 21.9 Å². The number of aromatic nitrogens is 2. The van der Waals surface area contributed by atoms with Gasteiger partial charge in [0.1, 0.15) is 23.9 Å². The van der Waals surface area contributed by atoms with Crippen molar-refractivity contribution in [2.24, 2.45) is 0 Å². The van der Waals surface area contributed by atoms with Crippen LogP contribution in [0.15, 0.2) is 101 Å². The number of rotatable bonds is 12. The molecule has 49 heavy (non-hydrogen) atoms. The number of ketones is 1. The smallest absolute Gasteiger partial charge is 0.301 e. The van der Waals surface area contributed by atoms with Crippen LogP contribution in [-0.4, -0.2) is 40.7 Å². The molecule has 1 atom stereocenters. The van der Waals surface area contributed by atoms with Crippen LogP contribution in [0.3, 0.4) is 0 Å². The molecule has 1 saturated heterocycles. The van der Waals surface area contributed by atoms with Crippen molar-refractivity contribution in [3.63, 3.8) is 0 Å². The molecule has 1 aliphatic rings. The molecule has 1 fully saturated rings. The van der Waals surface area contributed by atoms with E-state index in [2.05, 4.69) is 10.2 Å². The Labute approximate surface area is 291 Å². The lowest BCUT2D eigenvalue weighted by Gasteiger charge is -2.23. The van der Waals surface area contributed by atoms with E-state index in [4.69, 9.17) is 14.2 Å². The predicted molar refractivity (Wildman–Crippen MR) is 187 cm³/mol. The number of methoxy groups -OCH3 is 1. The van der Waals surface area contributed by atoms with Crippen LogP contribution in [0.2, 0.25) is 0 Å². The summed E-state index contributed by atoms with van der Waals surface area (Å²) in [6.45, 7) is 4.62. The average molecular weight is 698 g/mol. The van der Waals surface area contributed by atoms with Gasteiger partial charge in [0.2, 0.25) is 5.13 Å². The van der Waals surface area contributed by atoms with Crippen molar-refractivity contribution in [2.45, 2.75) is 36.6 Å². The number of benzene rings is 4. The zero-order chi connectivity index (χ0) is 34.5. The summed E-state index contributed by atoms with van der Waals surface area (Å²) < 4.78 is 31.9. The van der Waals surface area contributed by atoms with Gasteiger partial charge in [-0.3, -0.25) is 14.5 Å². The number of hydrogen-bond donors (Lipinski definition) is 1. The second kappa shape index (κ2) is 14.9. The van der Waals surface area contributed by atoms with Gasteiger partial charge in [0.05, 0.1) is 25.3 Å². The fourth-order valence-electron chi connectivity index (χ4n) is 5.39. The number of nitrogens with zero attached hydrogens (tertiary/aromatic N) is 3. The maximum Gasteiger partial charge on any atom is 0.301 e. The zero-order valence-corrected chi connectivity index (χ0v) is 28.5. The number of anilines is 1. The number of aryl methyl sites for hydroxylation is 1. The Bertz CT molecular complexity index is 2030. The van der Waals surface area contributed by atoms with Crippen LogP contribution in [0.25, 0.3) is 5.76 Å². The molecule has 0 bridgehead atoms. The zero-order valence-electron chi connectivity index (χ0n) is 26.9. The monoisotopic (exact) mass is 697 g/mol. The fourth-order valence-corrected chi connectivity index (χ4v) is 7.24. The van der Waals surface area contributed by atoms with E-state index in [1.807, 2.05) is 38.1 Å². The van der Waals surface area contributed by atoms with Crippen molar-refractivity contribution < 1.29 is 33.3 Å². The summed E-state index contributed by atoms with van der Waals surface area (Å²) in [4.78, 5) is 28.7. The molecule has 1 N–H and O–H groups in total. The number of aliphatic hydroxyl groups is 1. The first-order valence-electron chi connectivity index (χ1n) is 15.4. The van der Waals surface area contributed by atoms with Crippen LogP contribution >= 0.6 is 23.1 Å². The summed E-state index contributed by atoms with van der Waals surface area (Å²) in [5.74, 6) is -0.714. The molecular formula is C37H32FN3O6S2. The highest BCUT2D eigenvalue weighted by atomic mass is 32.2. The molecule has 12 heteroatoms. The summed E-state index contributed by atoms with van der Waals surface area (Å²) in [7, 11) is 1.49. The Morgan fingerprint density at radius 2 is 1.67 bits per heavy atom. The van der Waals surface area contributed by atoms with Crippen molar-refractivity contribution in [2.75, 3.05) is 18.6 Å². The van der Waals surface area contributed by atoms with Gasteiger partial charge in [-0.25, -0.2) is 4.39 Å². The molecule has 0 spiro atoms. The average Bonchev–Trinajstić information content (AvgIpc) is 3.69. The Hall–Kier alpha value is -5.20. The highest BCUT2D eigenvalue weighted by Gasteiger charge is 2.48. The lowest BCUT2D eigenvalue weighted by molar-refractivity contribution is -0.132. The van der Waals surface area contributed by atoms with Crippen molar-refractivity contribution in [3.05, 3.63) is 130 Å². The number of Topliss-reactive ketones (excluding diaryl/α,β-unsaturated/α-hetero) is 1. The molecule has 9 nitrogen and oxygen atoms in total. The SMILES string of the molecule is CCOc1ccc(C2C(=C(O)c3ccc(OCc4ccccc4C)cc3)C(=O)C(=O)N2c2nnc(SCc3ccccc3F)s2)cc1OC. The van der Waals surface area contributed by atoms with Gasteiger partial charge in [0.25, 0.3) is 5.78 Å². The van der Waals surface area contributed by atoms with Crippen molar-refractivity contribution >= 4 is 45.7 Å². The molecular weight excluding hydrogens is 666 g/mol. The van der Waals surface area contributed by atoms with Gasteiger partial charge in [0, 0.05) is 11.3 Å². The lowest BCUT2D eigenvalue weighted by Crippen LogP contribution is -2.29. The van der Waals surface area contributed by atoms with E-state index in [0.717, 1.165) is 22.5 Å². The minimum absolute atomic E-state index is 0.124. The van der Waals surface area contributed by atoms with Crippen LogP contribution in [0.5, 0.6) is 17.2 Å². The van der Waals surface area contributed by atoms with E-state index in [9.17, 15) is 19.1 Å². The Morgan fingerprint density at radius 1 is 0.939 bits per heavy atom. The van der Waals surface area contributed by atoms with Gasteiger partial charge in [-0.05, 0) is 78.6 Å². The van der Waals surface area contributed by atoms with Crippen LogP contribution < -0.4 is 19.1 Å². The minimum atomic E-state index is -1.07. The molecule has 1 aromatic heterocycles. The summed E-state index contributed by atoms with van der Waals surface area (Å²) in [5, 5.41) is 20.3. The van der Waals surface area contributed by atoms with E-state index >= 15 is 0 Å². The second-order valence-electron chi connectivity index (χ2n) is 11.0. The Morgan fingerprint density at radius 3 is 2.39 bits per heavy atom. The molecule has 6 rings (SSSR count). The first kappa shape index (κ1) is 33.7. The number of halogens is 1. The van der Waals surface area contributed by atoms with Crippen molar-refractivity contribution in [1.82, 2.24) is 10.2 Å². The number of carbonyl (C=O) groups is 2. The van der Waals surface area contributed by atoms with Crippen LogP contribution in [0.1, 0.15) is 40.8 Å². The lowest BCUT2D eigenvalue weighted by atomic mass is 9.95. The molecule has 250 valence electrons. The Kier molecular flexibility index (Phi) is 10.3. The minimum Gasteiger partial charge on any atom is -0.507 e. The molecule has 5 aromatic rings. The second-order valence-corrected chi connectivity index (χ2v) is 13.2. The largest absolute Gasteiger partial charge is 0.507 e. The van der Waals surface area contributed by atoms with Crippen molar-refractivity contribution in [3.8, 4) is 17.2 Å². The number of carbonyl (C=O) groups excluding carboxylic acids is 2. The van der Waals surface area contributed by atoms with Gasteiger partial charge in [-0.15, -0.1) is 10.2 Å². The van der Waals surface area contributed by atoms with E-state index in [1.165, 1.54) is 29.8 Å². The number of hydrogen-bond acceptors (Lipinski definition) is 10. The third-order valence-corrected chi connectivity index (χ3v) is 10.0. The van der Waals surface area contributed by atoms with E-state index in [-0.39, 0.29) is 22.3 Å². The first-order valence-corrected chi connectivity index (χ1v) is 17.2. The predicted octanol–water partition coefficient (Wildman–Crippen LogP) is 7.89. The maximum atomic E-state index is 14.2. The number of aliphatic hydroxyl groups excluding tert-OH is 1. The molecule has 1 aliphatic heterocycles. The molecule has 0 radical (unpaired) electrons. The number of ether oxygens (including phenoxy) is 3. The first-order chi connectivity index (χ1) is 23.8. The van der Waals surface area contributed by atoms with Gasteiger partial charge < -0.3 is 19.3 Å². The highest BCUT2D eigenvalue weighted by molar-refractivity contribution is 8.00. The Balaban J connectivity index is 1.35. The van der Waals surface area contributed by atoms with E-state index in [0.29, 0.717) is 57.2 Å². The number of amides is 1. The van der Waals surface area contributed by atoms with E-state index < -0.39 is 17.7 Å². The summed E-state index contributed by atoms with van der Waals surface area (Å²) in [5.41, 5.74) is 3.33. The maximum absolute atomic E-state index is 14.2. The summed E-state index contributed by atoms with van der Waals surface area (Å²) >= 11 is 2.35. The summed E-state index contributed by atoms with van der Waals surface area (Å²) in [6, 6.07) is 25.0. The fraction of sp³-hybridized carbons (Fsp3) is 0.189. The van der Waals surface area contributed by atoms with Gasteiger partial charge in [-0.1, -0.05) is 71.6 Å². The van der Waals surface area contributed by atoms with Crippen LogP contribution in [0.4, 0.5) is 9.52 Å². The van der Waals surface area contributed by atoms with Crippen LogP contribution in [0, 0.1) is 12.7 Å². The van der Waals surface area contributed by atoms with Gasteiger partial charge >= 0.3 is 5.91 Å². The van der Waals surface area contributed by atoms with E-state index in [1.54, 1.807) is 60.7 Å². The quantitative estimate of drug-likeness (QED) is 0.0458. The highest BCUT2D eigenvalue weighted by Crippen LogP contribution is 2.45. The molecule has 2 heterocycles. The van der Waals surface area contributed by atoms with Gasteiger partial charge in [-0.2, -0.15) is 0 Å². The molecule has 1 amide bonds. The molecule has 4 aromatic carbocycles. The normalized spacial score (nSPS) is 15.4. The summed E-state index contributed by atoms with van der Waals surface area (Å²) in [6.07, 6.45) is 0. The number of thioether (sulfide) groups is 1. The standard InChI is InChI=1S/C37H32FN3O6S2/c1-4-46-29-18-15-24(19-30(29)45-3)32-31(33(42)23-13-16-27(17-14-23)47-20-25-10-6-5-9-22(25)2)34(43)35(44)41(32)36-39-40-37(49-36)48-21-26-11-7-8-12-28(26)38/h5-19,32,42H,4,20-21H2,1-3H3. The van der Waals surface area contributed by atoms with Gasteiger partial charge in [0.15, 0.2) is 15.8 Å². The van der Waals surface area contributed by atoms with Crippen molar-refractivity contribution in [1.29, 1.82) is 0 Å². The molecule has 0 saturated carbocycles.